The number of fused-ring (bicyclic) bond motifs is 9. The Kier molecular flexibility index (Phi) is 11.2. The van der Waals surface area contributed by atoms with Crippen LogP contribution in [-0.4, -0.2) is 11.3 Å². The number of nitrogens with zero attached hydrogens (tertiary/aromatic N) is 3. The molecular weight excluding hydrogens is 930 g/mol. The van der Waals surface area contributed by atoms with Crippen LogP contribution in [0.3, 0.4) is 0 Å². The molecule has 0 fully saturated rings. The van der Waals surface area contributed by atoms with Gasteiger partial charge in [0.2, 0.25) is 0 Å². The van der Waals surface area contributed by atoms with E-state index in [9.17, 15) is 0 Å². The van der Waals surface area contributed by atoms with Gasteiger partial charge in [-0.1, -0.05) is 227 Å². The smallest absolute Gasteiger partial charge is 0.333 e. The molecule has 0 atom stereocenters. The predicted molar refractivity (Wildman–Crippen MR) is 334 cm³/mol. The zero-order valence-corrected chi connectivity index (χ0v) is 49.0. The lowest BCUT2D eigenvalue weighted by Gasteiger charge is -2.43. The first-order chi connectivity index (χ1) is 36.1. The van der Waals surface area contributed by atoms with E-state index in [2.05, 4.69) is 296 Å². The van der Waals surface area contributed by atoms with E-state index in [-0.39, 0.29) is 39.3 Å². The van der Waals surface area contributed by atoms with Gasteiger partial charge >= 0.3 is 6.85 Å². The number of anilines is 6. The largest absolute Gasteiger partial charge is 0.375 e. The number of benzene rings is 8. The Morgan fingerprint density at radius 2 is 0.922 bits per heavy atom. The lowest BCUT2D eigenvalue weighted by Crippen LogP contribution is -2.57. The summed E-state index contributed by atoms with van der Waals surface area (Å²) in [6.45, 7) is 39.9. The van der Waals surface area contributed by atoms with E-state index in [4.69, 9.17) is 0 Å². The van der Waals surface area contributed by atoms with Crippen molar-refractivity contribution in [2.45, 2.75) is 150 Å². The summed E-state index contributed by atoms with van der Waals surface area (Å²) in [6.07, 6.45) is 0. The molecule has 3 nitrogen and oxygen atoms in total. The Hall–Kier alpha value is -7.04. The zero-order chi connectivity index (χ0) is 54.7. The summed E-state index contributed by atoms with van der Waals surface area (Å²) in [4.78, 5) is 5.24. The first-order valence-corrected chi connectivity index (χ1v) is 28.3. The molecule has 0 bridgehead atoms. The van der Waals surface area contributed by atoms with Crippen molar-refractivity contribution in [3.63, 3.8) is 0 Å². The van der Waals surface area contributed by atoms with E-state index in [1.807, 2.05) is 0 Å². The number of rotatable bonds is 5. The molecule has 0 N–H and O–H groups in total. The third kappa shape index (κ3) is 7.97. The third-order valence-electron chi connectivity index (χ3n) is 17.5. The van der Waals surface area contributed by atoms with Crippen molar-refractivity contribution in [2.24, 2.45) is 0 Å². The van der Waals surface area contributed by atoms with E-state index < -0.39 is 0 Å². The predicted octanol–water partition coefficient (Wildman–Crippen LogP) is 19.0. The van der Waals surface area contributed by atoms with Crippen molar-refractivity contribution in [2.75, 3.05) is 9.80 Å². The molecule has 8 aromatic carbocycles. The summed E-state index contributed by atoms with van der Waals surface area (Å²) in [6, 6.07) is 64.1. The van der Waals surface area contributed by atoms with Gasteiger partial charge in [-0.3, -0.25) is 0 Å². The molecule has 388 valence electrons. The average molecular weight is 1010 g/mol. The van der Waals surface area contributed by atoms with Crippen LogP contribution in [-0.2, 0) is 32.5 Å². The SMILES string of the molecule is CC(C)(C)c1ccc(N(c2ccc(C(C)(C)C)cc2)c2ccc3c4c2c2c(n4B4c5ccc(C(C)(C)C)cc5N(c5ccc(C(C)(C)C)cc5-c5ccccc5)c5cc(C(C)(C)C)cc-3c54)-c3ccccc3C2(C)C)cc1. The normalized spacial score (nSPS) is 14.6. The Morgan fingerprint density at radius 3 is 1.51 bits per heavy atom. The number of hydrogen-bond donors (Lipinski definition) is 0. The molecule has 0 saturated heterocycles. The van der Waals surface area contributed by atoms with Crippen LogP contribution in [0.25, 0.3) is 44.4 Å². The minimum Gasteiger partial charge on any atom is -0.375 e. The highest BCUT2D eigenvalue weighted by molar-refractivity contribution is 6.89. The lowest BCUT2D eigenvalue weighted by atomic mass is 9.44. The summed E-state index contributed by atoms with van der Waals surface area (Å²) in [5, 5.41) is 1.33. The van der Waals surface area contributed by atoms with E-state index in [0.29, 0.717) is 0 Å². The fourth-order valence-electron chi connectivity index (χ4n) is 13.0. The maximum atomic E-state index is 2.83. The second kappa shape index (κ2) is 17.0. The zero-order valence-electron chi connectivity index (χ0n) is 49.0. The van der Waals surface area contributed by atoms with Crippen molar-refractivity contribution >= 4 is 62.8 Å². The first-order valence-electron chi connectivity index (χ1n) is 28.3. The van der Waals surface area contributed by atoms with Crippen LogP contribution in [0.1, 0.15) is 157 Å². The highest BCUT2D eigenvalue weighted by atomic mass is 15.2. The Balaban J connectivity index is 1.24. The molecule has 3 heterocycles. The quantitative estimate of drug-likeness (QED) is 0.159. The average Bonchev–Trinajstić information content (AvgIpc) is 4.06. The van der Waals surface area contributed by atoms with Gasteiger partial charge in [-0.2, -0.15) is 0 Å². The molecule has 2 aliphatic heterocycles. The van der Waals surface area contributed by atoms with E-state index in [0.717, 1.165) is 11.4 Å². The van der Waals surface area contributed by atoms with Crippen LogP contribution in [0.2, 0.25) is 0 Å². The molecular formula is C73H78BN3. The van der Waals surface area contributed by atoms with Gasteiger partial charge in [0, 0.05) is 61.5 Å². The second-order valence-electron chi connectivity index (χ2n) is 28.4. The first kappa shape index (κ1) is 50.8. The van der Waals surface area contributed by atoms with Crippen LogP contribution in [0, 0.1) is 0 Å². The molecule has 4 heteroatoms. The van der Waals surface area contributed by atoms with Crippen LogP contribution < -0.4 is 20.7 Å². The van der Waals surface area contributed by atoms with Crippen molar-refractivity contribution in [1.82, 2.24) is 4.48 Å². The van der Waals surface area contributed by atoms with E-state index in [1.165, 1.54) is 117 Å². The molecule has 3 aliphatic rings. The van der Waals surface area contributed by atoms with Gasteiger partial charge < -0.3 is 14.3 Å². The monoisotopic (exact) mass is 1010 g/mol. The third-order valence-corrected chi connectivity index (χ3v) is 17.5. The van der Waals surface area contributed by atoms with Crippen molar-refractivity contribution in [3.8, 4) is 33.5 Å². The van der Waals surface area contributed by atoms with Crippen molar-refractivity contribution in [3.05, 3.63) is 203 Å². The van der Waals surface area contributed by atoms with Gasteiger partial charge in [-0.25, -0.2) is 0 Å². The molecule has 0 radical (unpaired) electrons. The maximum absolute atomic E-state index is 2.83. The number of hydrogen-bond acceptors (Lipinski definition) is 2. The molecule has 9 aromatic rings. The Bertz CT molecular complexity index is 3780. The van der Waals surface area contributed by atoms with Crippen LogP contribution in [0.4, 0.5) is 34.1 Å². The molecule has 77 heavy (non-hydrogen) atoms. The van der Waals surface area contributed by atoms with Crippen molar-refractivity contribution < 1.29 is 0 Å². The Morgan fingerprint density at radius 1 is 0.416 bits per heavy atom. The second-order valence-corrected chi connectivity index (χ2v) is 28.4. The summed E-state index contributed by atoms with van der Waals surface area (Å²) >= 11 is 0. The standard InChI is InChI=1S/C73H78BN3/c1-68(2,3)46-27-33-51(34-28-46)75(52-35-29-47(30-36-52)69(4,5)6)60-40-37-53-56-42-50(72(13,14)15)44-62-65(56)74(77-66(53)63(60)64-67(77)54-25-21-22-26-57(54)73(64,16)17)58-38-31-49(71(10,11)12)43-61(58)76(62)59-39-32-48(70(7,8)9)41-55(59)45-23-19-18-20-24-45/h18-44H,1-17H3. The van der Waals surface area contributed by atoms with E-state index >= 15 is 0 Å². The topological polar surface area (TPSA) is 11.4 Å². The van der Waals surface area contributed by atoms with Gasteiger partial charge in [-0.05, 0) is 143 Å². The highest BCUT2D eigenvalue weighted by Crippen LogP contribution is 2.59. The molecule has 0 amide bonds. The number of aromatic nitrogens is 1. The van der Waals surface area contributed by atoms with Crippen LogP contribution in [0.15, 0.2) is 164 Å². The fraction of sp³-hybridized carbons (Fsp3) is 0.315. The molecule has 0 spiro atoms. The lowest BCUT2D eigenvalue weighted by molar-refractivity contribution is 0.589. The Labute approximate surface area is 461 Å². The van der Waals surface area contributed by atoms with Gasteiger partial charge in [-0.15, -0.1) is 0 Å². The molecule has 12 rings (SSSR count). The minimum absolute atomic E-state index is 0.0220. The van der Waals surface area contributed by atoms with Gasteiger partial charge in [0.05, 0.1) is 11.4 Å². The summed E-state index contributed by atoms with van der Waals surface area (Å²) < 4.78 is 2.83. The van der Waals surface area contributed by atoms with Crippen LogP contribution in [0.5, 0.6) is 0 Å². The fourth-order valence-corrected chi connectivity index (χ4v) is 13.0. The van der Waals surface area contributed by atoms with Crippen LogP contribution >= 0.6 is 0 Å². The van der Waals surface area contributed by atoms with Gasteiger partial charge in [0.25, 0.3) is 0 Å². The minimum atomic E-state index is -0.310. The molecule has 1 aliphatic carbocycles. The van der Waals surface area contributed by atoms with Gasteiger partial charge in [0.15, 0.2) is 0 Å². The summed E-state index contributed by atoms with van der Waals surface area (Å²) in [7, 11) is 0. The van der Waals surface area contributed by atoms with E-state index in [1.54, 1.807) is 0 Å². The molecule has 0 saturated carbocycles. The van der Waals surface area contributed by atoms with Crippen molar-refractivity contribution in [1.29, 1.82) is 0 Å². The summed E-state index contributed by atoms with van der Waals surface area (Å²) in [5.74, 6) is 0. The summed E-state index contributed by atoms with van der Waals surface area (Å²) in [5.41, 5.74) is 27.8. The maximum Gasteiger partial charge on any atom is 0.333 e. The van der Waals surface area contributed by atoms with Gasteiger partial charge in [0.1, 0.15) is 0 Å². The molecule has 1 aromatic heterocycles. The highest BCUT2D eigenvalue weighted by Gasteiger charge is 2.50. The molecule has 0 unspecified atom stereocenters.